The fourth-order valence-electron chi connectivity index (χ4n) is 1.54. The number of ether oxygens (including phenoxy) is 2. The molecule has 0 aromatic heterocycles. The lowest BCUT2D eigenvalue weighted by atomic mass is 10.2. The molecular formula is C14H21O6P. The Hall–Kier alpha value is -1.20. The second-order valence-corrected chi connectivity index (χ2v) is 6.90. The summed E-state index contributed by atoms with van der Waals surface area (Å²) in [4.78, 5) is 12.1. The van der Waals surface area contributed by atoms with Gasteiger partial charge in [-0.2, -0.15) is 0 Å². The Morgan fingerprint density at radius 1 is 1.14 bits per heavy atom. The van der Waals surface area contributed by atoms with Crippen LogP contribution in [-0.4, -0.2) is 38.7 Å². The van der Waals surface area contributed by atoms with Gasteiger partial charge in [0, 0.05) is 14.2 Å². The monoisotopic (exact) mass is 316 g/mol. The Morgan fingerprint density at radius 2 is 1.71 bits per heavy atom. The van der Waals surface area contributed by atoms with Gasteiger partial charge in [-0.3, -0.25) is 4.57 Å². The molecule has 1 atom stereocenters. The average Bonchev–Trinajstić information content (AvgIpc) is 2.51. The first-order chi connectivity index (χ1) is 9.92. The molecule has 1 rings (SSSR count). The van der Waals surface area contributed by atoms with E-state index < -0.39 is 19.4 Å². The molecule has 0 saturated carbocycles. The molecule has 0 N–H and O–H groups in total. The zero-order valence-electron chi connectivity index (χ0n) is 12.6. The lowest BCUT2D eigenvalue weighted by Gasteiger charge is -2.24. The van der Waals surface area contributed by atoms with E-state index in [4.69, 9.17) is 18.5 Å². The minimum absolute atomic E-state index is 0.0742. The normalized spacial score (nSPS) is 13.2. The van der Waals surface area contributed by atoms with Gasteiger partial charge >= 0.3 is 13.6 Å². The Kier molecular flexibility index (Phi) is 7.05. The Bertz CT molecular complexity index is 479. The molecule has 0 unspecified atom stereocenters. The van der Waals surface area contributed by atoms with Crippen LogP contribution in [0.5, 0.6) is 0 Å². The van der Waals surface area contributed by atoms with Crippen molar-refractivity contribution in [2.24, 2.45) is 0 Å². The molecule has 1 aromatic rings. The lowest BCUT2D eigenvalue weighted by molar-refractivity contribution is -0.00396. The third kappa shape index (κ3) is 5.25. The van der Waals surface area contributed by atoms with E-state index >= 15 is 0 Å². The molecule has 1 aromatic carbocycles. The first-order valence-corrected chi connectivity index (χ1v) is 8.13. The van der Waals surface area contributed by atoms with Crippen LogP contribution in [0.1, 0.15) is 24.2 Å². The summed E-state index contributed by atoms with van der Waals surface area (Å²) in [5.74, 6) is -1.73. The summed E-state index contributed by atoms with van der Waals surface area (Å²) >= 11 is 0. The fourth-order valence-corrected chi connectivity index (χ4v) is 2.65. The highest BCUT2D eigenvalue weighted by molar-refractivity contribution is 7.54. The zero-order chi connectivity index (χ0) is 15.9. The van der Waals surface area contributed by atoms with Gasteiger partial charge in [0.25, 0.3) is 0 Å². The molecule has 6 nitrogen and oxygen atoms in total. The second-order valence-electron chi connectivity index (χ2n) is 4.51. The molecule has 0 bridgehead atoms. The highest BCUT2D eigenvalue weighted by Gasteiger charge is 2.38. The number of carbonyl (C=O) groups is 1. The molecule has 0 amide bonds. The SMILES string of the molecule is COP(=O)(OC)[C@H](COC(C)C)OC(=O)c1ccccc1. The molecule has 0 saturated heterocycles. The van der Waals surface area contributed by atoms with Crippen molar-refractivity contribution >= 4 is 13.6 Å². The fraction of sp³-hybridized carbons (Fsp3) is 0.500. The van der Waals surface area contributed by atoms with Crippen LogP contribution in [0, 0.1) is 0 Å². The quantitative estimate of drug-likeness (QED) is 0.542. The van der Waals surface area contributed by atoms with E-state index in [-0.39, 0.29) is 12.7 Å². The third-order valence-electron chi connectivity index (χ3n) is 2.69. The molecule has 118 valence electrons. The van der Waals surface area contributed by atoms with Crippen molar-refractivity contribution in [3.05, 3.63) is 35.9 Å². The van der Waals surface area contributed by atoms with E-state index in [1.165, 1.54) is 14.2 Å². The molecular weight excluding hydrogens is 295 g/mol. The summed E-state index contributed by atoms with van der Waals surface area (Å²) in [7, 11) is -1.11. The maximum Gasteiger partial charge on any atom is 0.372 e. The summed E-state index contributed by atoms with van der Waals surface area (Å²) in [6.45, 7) is 3.57. The zero-order valence-corrected chi connectivity index (χ0v) is 13.5. The van der Waals surface area contributed by atoms with E-state index in [0.717, 1.165) is 0 Å². The molecule has 0 heterocycles. The van der Waals surface area contributed by atoms with Crippen LogP contribution in [0.2, 0.25) is 0 Å². The topological polar surface area (TPSA) is 71.1 Å². The minimum atomic E-state index is -3.59. The third-order valence-corrected chi connectivity index (χ3v) is 4.66. The van der Waals surface area contributed by atoms with Crippen LogP contribution in [0.15, 0.2) is 30.3 Å². The van der Waals surface area contributed by atoms with Crippen molar-refractivity contribution in [3.63, 3.8) is 0 Å². The first-order valence-electron chi connectivity index (χ1n) is 6.51. The van der Waals surface area contributed by atoms with Crippen molar-refractivity contribution < 1.29 is 27.9 Å². The number of carbonyl (C=O) groups excluding carboxylic acids is 1. The van der Waals surface area contributed by atoms with Crippen LogP contribution in [0.25, 0.3) is 0 Å². The Balaban J connectivity index is 2.86. The van der Waals surface area contributed by atoms with Gasteiger partial charge in [0.05, 0.1) is 18.3 Å². The van der Waals surface area contributed by atoms with Crippen LogP contribution in [0.4, 0.5) is 0 Å². The molecule has 0 aliphatic carbocycles. The van der Waals surface area contributed by atoms with Crippen molar-refractivity contribution in [3.8, 4) is 0 Å². The summed E-state index contributed by atoms with van der Waals surface area (Å²) in [5, 5.41) is 0. The average molecular weight is 316 g/mol. The molecule has 0 aliphatic rings. The van der Waals surface area contributed by atoms with Crippen LogP contribution < -0.4 is 0 Å². The van der Waals surface area contributed by atoms with E-state index in [1.54, 1.807) is 30.3 Å². The lowest BCUT2D eigenvalue weighted by Crippen LogP contribution is -2.26. The van der Waals surface area contributed by atoms with Crippen LogP contribution in [-0.2, 0) is 23.1 Å². The van der Waals surface area contributed by atoms with Crippen molar-refractivity contribution in [1.29, 1.82) is 0 Å². The predicted molar refractivity (Wildman–Crippen MR) is 78.4 cm³/mol. The Labute approximate surface area is 124 Å². The maximum absolute atomic E-state index is 12.4. The first kappa shape index (κ1) is 17.9. The highest BCUT2D eigenvalue weighted by atomic mass is 31.2. The van der Waals surface area contributed by atoms with Gasteiger partial charge in [-0.25, -0.2) is 4.79 Å². The van der Waals surface area contributed by atoms with Crippen molar-refractivity contribution in [2.45, 2.75) is 25.8 Å². The van der Waals surface area contributed by atoms with Gasteiger partial charge in [-0.15, -0.1) is 0 Å². The standard InChI is InChI=1S/C14H21O6P/c1-11(2)19-10-13(21(16,17-3)18-4)20-14(15)12-8-6-5-7-9-12/h5-9,11,13H,10H2,1-4H3/t13-/m1/s1. The molecule has 21 heavy (non-hydrogen) atoms. The van der Waals surface area contributed by atoms with Crippen molar-refractivity contribution in [2.75, 3.05) is 20.8 Å². The van der Waals surface area contributed by atoms with E-state index in [1.807, 2.05) is 13.8 Å². The van der Waals surface area contributed by atoms with E-state index in [9.17, 15) is 9.36 Å². The molecule has 0 spiro atoms. The van der Waals surface area contributed by atoms with Crippen LogP contribution >= 0.6 is 7.60 Å². The number of hydrogen-bond acceptors (Lipinski definition) is 6. The molecule has 0 fully saturated rings. The summed E-state index contributed by atoms with van der Waals surface area (Å²) in [5.41, 5.74) is 0.353. The summed E-state index contributed by atoms with van der Waals surface area (Å²) in [6, 6.07) is 8.41. The Morgan fingerprint density at radius 3 is 2.19 bits per heavy atom. The highest BCUT2D eigenvalue weighted by Crippen LogP contribution is 2.52. The van der Waals surface area contributed by atoms with Gasteiger partial charge in [0.2, 0.25) is 5.85 Å². The number of esters is 1. The molecule has 0 radical (unpaired) electrons. The predicted octanol–water partition coefficient (Wildman–Crippen LogP) is 3.08. The number of benzene rings is 1. The second kappa shape index (κ2) is 8.29. The van der Waals surface area contributed by atoms with Crippen LogP contribution in [0.3, 0.4) is 0 Å². The van der Waals surface area contributed by atoms with Gasteiger partial charge in [-0.05, 0) is 26.0 Å². The van der Waals surface area contributed by atoms with Gasteiger partial charge in [0.1, 0.15) is 0 Å². The van der Waals surface area contributed by atoms with Crippen molar-refractivity contribution in [1.82, 2.24) is 0 Å². The van der Waals surface area contributed by atoms with E-state index in [0.29, 0.717) is 5.56 Å². The maximum atomic E-state index is 12.4. The number of rotatable bonds is 8. The minimum Gasteiger partial charge on any atom is -0.443 e. The van der Waals surface area contributed by atoms with Gasteiger partial charge in [0.15, 0.2) is 0 Å². The molecule has 0 aliphatic heterocycles. The summed E-state index contributed by atoms with van der Waals surface area (Å²) in [6.07, 6.45) is -0.106. The van der Waals surface area contributed by atoms with E-state index in [2.05, 4.69) is 0 Å². The molecule has 7 heteroatoms. The largest absolute Gasteiger partial charge is 0.443 e. The van der Waals surface area contributed by atoms with Gasteiger partial charge in [-0.1, -0.05) is 18.2 Å². The van der Waals surface area contributed by atoms with Gasteiger partial charge < -0.3 is 18.5 Å². The summed E-state index contributed by atoms with van der Waals surface area (Å²) < 4.78 is 32.9. The smallest absolute Gasteiger partial charge is 0.372 e. The number of hydrogen-bond donors (Lipinski definition) is 0.